The van der Waals surface area contributed by atoms with Crippen molar-refractivity contribution in [1.82, 2.24) is 14.7 Å². The number of nitrogens with zero attached hydrogens (tertiary/aromatic N) is 3. The summed E-state index contributed by atoms with van der Waals surface area (Å²) in [6.07, 6.45) is 2.15. The van der Waals surface area contributed by atoms with Crippen LogP contribution >= 0.6 is 0 Å². The predicted octanol–water partition coefficient (Wildman–Crippen LogP) is 2.13. The van der Waals surface area contributed by atoms with E-state index in [0.717, 1.165) is 11.3 Å². The highest BCUT2D eigenvalue weighted by Gasteiger charge is 2.42. The van der Waals surface area contributed by atoms with Crippen molar-refractivity contribution < 1.29 is 19.4 Å². The number of carboxylic acid groups (broad SMARTS) is 1. The van der Waals surface area contributed by atoms with E-state index in [2.05, 4.69) is 5.10 Å². The van der Waals surface area contributed by atoms with Gasteiger partial charge < -0.3 is 14.7 Å². The third-order valence-corrected chi connectivity index (χ3v) is 4.67. The highest BCUT2D eigenvalue weighted by Crippen LogP contribution is 2.31. The molecule has 0 saturated carbocycles. The average Bonchev–Trinajstić information content (AvgIpc) is 3.22. The first-order chi connectivity index (χ1) is 11.8. The lowest BCUT2D eigenvalue weighted by Crippen LogP contribution is -2.35. The highest BCUT2D eigenvalue weighted by atomic mass is 16.5. The summed E-state index contributed by atoms with van der Waals surface area (Å²) in [6, 6.07) is 7.36. The van der Waals surface area contributed by atoms with Crippen molar-refractivity contribution in [3.8, 4) is 11.4 Å². The molecule has 25 heavy (non-hydrogen) atoms. The van der Waals surface area contributed by atoms with E-state index in [0.29, 0.717) is 18.7 Å². The number of carbonyl (C=O) groups excluding carboxylic acids is 1. The Labute approximate surface area is 145 Å². The van der Waals surface area contributed by atoms with Crippen LogP contribution in [0.4, 0.5) is 0 Å². The Balaban J connectivity index is 1.84. The number of amides is 1. The first-order valence-corrected chi connectivity index (χ1v) is 8.07. The molecule has 2 aromatic rings. The number of hydrogen-bond acceptors (Lipinski definition) is 4. The number of likely N-dealkylation sites (tertiary alicyclic amines) is 1. The van der Waals surface area contributed by atoms with Gasteiger partial charge in [0, 0.05) is 19.3 Å². The van der Waals surface area contributed by atoms with Crippen molar-refractivity contribution in [2.24, 2.45) is 5.41 Å². The highest BCUT2D eigenvalue weighted by molar-refractivity contribution is 5.93. The quantitative estimate of drug-likeness (QED) is 0.919. The van der Waals surface area contributed by atoms with Crippen LogP contribution in [0.2, 0.25) is 0 Å². The number of aryl methyl sites for hydroxylation is 1. The van der Waals surface area contributed by atoms with E-state index in [1.807, 2.05) is 25.1 Å². The van der Waals surface area contributed by atoms with E-state index in [-0.39, 0.29) is 18.1 Å². The number of aromatic nitrogens is 2. The van der Waals surface area contributed by atoms with Gasteiger partial charge in [0.2, 0.25) is 0 Å². The zero-order valence-corrected chi connectivity index (χ0v) is 14.5. The molecule has 1 aliphatic rings. The molecule has 7 heteroatoms. The molecule has 1 aromatic heterocycles. The van der Waals surface area contributed by atoms with Crippen LogP contribution in [-0.4, -0.2) is 51.9 Å². The van der Waals surface area contributed by atoms with Gasteiger partial charge in [-0.3, -0.25) is 9.59 Å². The molecule has 0 spiro atoms. The van der Waals surface area contributed by atoms with Gasteiger partial charge >= 0.3 is 5.97 Å². The number of hydrogen-bond donors (Lipinski definition) is 1. The molecule has 1 atom stereocenters. The molecule has 1 amide bonds. The molecule has 3 rings (SSSR count). The summed E-state index contributed by atoms with van der Waals surface area (Å²) in [7, 11) is 1.58. The van der Waals surface area contributed by atoms with Crippen LogP contribution in [0.5, 0.6) is 5.75 Å². The Hall–Kier alpha value is -2.83. The van der Waals surface area contributed by atoms with Crippen molar-refractivity contribution in [1.29, 1.82) is 0 Å². The smallest absolute Gasteiger partial charge is 0.311 e. The number of carbonyl (C=O) groups is 2. The van der Waals surface area contributed by atoms with E-state index in [9.17, 15) is 14.7 Å². The number of methoxy groups -OCH3 is 1. The van der Waals surface area contributed by atoms with Crippen molar-refractivity contribution in [3.63, 3.8) is 0 Å². The molecule has 0 radical (unpaired) electrons. The number of rotatable bonds is 4. The molecule has 1 saturated heterocycles. The third kappa shape index (κ3) is 3.09. The Morgan fingerprint density at radius 2 is 2.08 bits per heavy atom. The molecule has 1 unspecified atom stereocenters. The minimum absolute atomic E-state index is 0.196. The van der Waals surface area contributed by atoms with Gasteiger partial charge in [-0.05, 0) is 44.0 Å². The van der Waals surface area contributed by atoms with Gasteiger partial charge in [-0.25, -0.2) is 4.68 Å². The lowest BCUT2D eigenvalue weighted by atomic mass is 9.90. The first-order valence-electron chi connectivity index (χ1n) is 8.07. The van der Waals surface area contributed by atoms with E-state index in [1.54, 1.807) is 35.9 Å². The first kappa shape index (κ1) is 17.0. The zero-order chi connectivity index (χ0) is 18.2. The number of aliphatic carboxylic acids is 1. The second-order valence-electron chi connectivity index (χ2n) is 6.66. The summed E-state index contributed by atoms with van der Waals surface area (Å²) < 4.78 is 6.96. The summed E-state index contributed by atoms with van der Waals surface area (Å²) >= 11 is 0. The molecular formula is C18H21N3O4. The van der Waals surface area contributed by atoms with Gasteiger partial charge in [-0.2, -0.15) is 5.10 Å². The van der Waals surface area contributed by atoms with Crippen molar-refractivity contribution >= 4 is 11.9 Å². The topological polar surface area (TPSA) is 84.7 Å². The Bertz CT molecular complexity index is 829. The number of ether oxygens (including phenoxy) is 1. The Kier molecular flexibility index (Phi) is 4.24. The maximum atomic E-state index is 12.6. The normalized spacial score (nSPS) is 19.9. The lowest BCUT2D eigenvalue weighted by molar-refractivity contribution is -0.147. The van der Waals surface area contributed by atoms with Gasteiger partial charge in [0.15, 0.2) is 5.69 Å². The maximum absolute atomic E-state index is 12.6. The molecule has 1 aromatic carbocycles. The summed E-state index contributed by atoms with van der Waals surface area (Å²) in [5, 5.41) is 13.7. The van der Waals surface area contributed by atoms with E-state index >= 15 is 0 Å². The summed E-state index contributed by atoms with van der Waals surface area (Å²) in [4.78, 5) is 25.5. The van der Waals surface area contributed by atoms with Crippen LogP contribution in [0.3, 0.4) is 0 Å². The van der Waals surface area contributed by atoms with E-state index < -0.39 is 11.4 Å². The fraction of sp³-hybridized carbons (Fsp3) is 0.389. The van der Waals surface area contributed by atoms with Gasteiger partial charge in [0.05, 0.1) is 12.5 Å². The van der Waals surface area contributed by atoms with Crippen LogP contribution in [0, 0.1) is 12.3 Å². The standard InChI is InChI=1S/C18H21N3O4/c1-12-4-5-15(25-3)14(10-12)21-8-6-13(19-21)16(22)20-9-7-18(2,11-20)17(23)24/h4-6,8,10H,7,9,11H2,1-3H3,(H,23,24). The van der Waals surface area contributed by atoms with Gasteiger partial charge in [-0.1, -0.05) is 6.07 Å². The minimum Gasteiger partial charge on any atom is -0.494 e. The molecule has 0 bridgehead atoms. The van der Waals surface area contributed by atoms with Crippen LogP contribution in [0.1, 0.15) is 29.4 Å². The SMILES string of the molecule is COc1ccc(C)cc1-n1ccc(C(=O)N2CCC(C)(C(=O)O)C2)n1. The summed E-state index contributed by atoms with van der Waals surface area (Å²) in [5.41, 5.74) is 1.20. The van der Waals surface area contributed by atoms with Crippen LogP contribution in [0.15, 0.2) is 30.5 Å². The minimum atomic E-state index is -0.891. The molecule has 1 aliphatic heterocycles. The lowest BCUT2D eigenvalue weighted by Gasteiger charge is -2.19. The molecule has 0 aliphatic carbocycles. The largest absolute Gasteiger partial charge is 0.494 e. The van der Waals surface area contributed by atoms with Crippen LogP contribution in [0.25, 0.3) is 5.69 Å². The fourth-order valence-electron chi connectivity index (χ4n) is 3.02. The maximum Gasteiger partial charge on any atom is 0.311 e. The predicted molar refractivity (Wildman–Crippen MR) is 91.1 cm³/mol. The monoisotopic (exact) mass is 343 g/mol. The van der Waals surface area contributed by atoms with Crippen LogP contribution < -0.4 is 4.74 Å². The second-order valence-corrected chi connectivity index (χ2v) is 6.66. The van der Waals surface area contributed by atoms with E-state index in [1.165, 1.54) is 0 Å². The molecule has 2 heterocycles. The summed E-state index contributed by atoms with van der Waals surface area (Å²) in [6.45, 7) is 4.25. The van der Waals surface area contributed by atoms with Gasteiger partial charge in [0.25, 0.3) is 5.91 Å². The van der Waals surface area contributed by atoms with Gasteiger partial charge in [-0.15, -0.1) is 0 Å². The second kappa shape index (κ2) is 6.23. The fourth-order valence-corrected chi connectivity index (χ4v) is 3.02. The van der Waals surface area contributed by atoms with Crippen molar-refractivity contribution in [3.05, 3.63) is 41.7 Å². The molecule has 132 valence electrons. The van der Waals surface area contributed by atoms with Gasteiger partial charge in [0.1, 0.15) is 11.4 Å². The van der Waals surface area contributed by atoms with Crippen molar-refractivity contribution in [2.45, 2.75) is 20.3 Å². The average molecular weight is 343 g/mol. The molecular weight excluding hydrogens is 322 g/mol. The zero-order valence-electron chi connectivity index (χ0n) is 14.5. The molecule has 1 fully saturated rings. The van der Waals surface area contributed by atoms with E-state index in [4.69, 9.17) is 4.74 Å². The Morgan fingerprint density at radius 3 is 2.72 bits per heavy atom. The molecule has 1 N–H and O–H groups in total. The van der Waals surface area contributed by atoms with Crippen LogP contribution in [-0.2, 0) is 4.79 Å². The Morgan fingerprint density at radius 1 is 1.32 bits per heavy atom. The third-order valence-electron chi connectivity index (χ3n) is 4.67. The summed E-state index contributed by atoms with van der Waals surface area (Å²) in [5.74, 6) is -0.472. The van der Waals surface area contributed by atoms with Crippen molar-refractivity contribution in [2.75, 3.05) is 20.2 Å². The molecule has 7 nitrogen and oxygen atoms in total. The number of benzene rings is 1. The number of carboxylic acids is 1.